The Kier molecular flexibility index (Phi) is 3.76. The van der Waals surface area contributed by atoms with E-state index in [2.05, 4.69) is 4.90 Å². The van der Waals surface area contributed by atoms with Gasteiger partial charge in [-0.3, -0.25) is 0 Å². The van der Waals surface area contributed by atoms with E-state index in [0.717, 1.165) is 13.1 Å². The monoisotopic (exact) mass is 239 g/mol. The van der Waals surface area contributed by atoms with Gasteiger partial charge >= 0.3 is 0 Å². The predicted molar refractivity (Wildman–Crippen MR) is 63.1 cm³/mol. The Labute approximate surface area is 100 Å². The first-order chi connectivity index (χ1) is 8.14. The van der Waals surface area contributed by atoms with E-state index in [0.29, 0.717) is 24.9 Å². The Balaban J connectivity index is 2.06. The molecule has 17 heavy (non-hydrogen) atoms. The molecule has 0 spiro atoms. The minimum atomic E-state index is -0.923. The Bertz CT molecular complexity index is 375. The molecule has 94 valence electrons. The summed E-state index contributed by atoms with van der Waals surface area (Å²) in [6, 6.07) is 6.18. The van der Waals surface area contributed by atoms with Crippen LogP contribution in [-0.4, -0.2) is 41.4 Å². The highest BCUT2D eigenvalue weighted by molar-refractivity contribution is 5.24. The number of hydrogen-bond acceptors (Lipinski definition) is 3. The van der Waals surface area contributed by atoms with Gasteiger partial charge in [-0.1, -0.05) is 12.1 Å². The summed E-state index contributed by atoms with van der Waals surface area (Å²) in [7, 11) is 0. The van der Waals surface area contributed by atoms with E-state index in [-0.39, 0.29) is 12.4 Å². The summed E-state index contributed by atoms with van der Waals surface area (Å²) >= 11 is 0. The van der Waals surface area contributed by atoms with Gasteiger partial charge in [0.1, 0.15) is 5.82 Å². The molecule has 1 fully saturated rings. The van der Waals surface area contributed by atoms with Crippen molar-refractivity contribution in [3.63, 3.8) is 0 Å². The molecular formula is C13H18FNO2. The molecule has 1 aliphatic heterocycles. The standard InChI is InChI=1S/C13H18FNO2/c14-12-3-1-2-11(10-12)13(17)4-6-15(7-5-13)8-9-16/h1-3,10,16-17H,4-9H2. The van der Waals surface area contributed by atoms with Crippen LogP contribution in [0.1, 0.15) is 18.4 Å². The molecule has 0 unspecified atom stereocenters. The first kappa shape index (κ1) is 12.5. The van der Waals surface area contributed by atoms with Gasteiger partial charge in [0.25, 0.3) is 0 Å². The van der Waals surface area contributed by atoms with E-state index in [4.69, 9.17) is 5.11 Å². The van der Waals surface area contributed by atoms with Crippen LogP contribution in [-0.2, 0) is 5.60 Å². The van der Waals surface area contributed by atoms with E-state index in [9.17, 15) is 9.50 Å². The van der Waals surface area contributed by atoms with Crippen LogP contribution in [0.2, 0.25) is 0 Å². The third kappa shape index (κ3) is 2.83. The molecule has 1 saturated heterocycles. The summed E-state index contributed by atoms with van der Waals surface area (Å²) in [4.78, 5) is 2.10. The molecular weight excluding hydrogens is 221 g/mol. The molecule has 0 atom stereocenters. The van der Waals surface area contributed by atoms with Crippen molar-refractivity contribution in [2.24, 2.45) is 0 Å². The van der Waals surface area contributed by atoms with Crippen LogP contribution in [0.3, 0.4) is 0 Å². The van der Waals surface area contributed by atoms with Crippen LogP contribution in [0.5, 0.6) is 0 Å². The number of piperidine rings is 1. The second-order valence-corrected chi connectivity index (χ2v) is 4.61. The van der Waals surface area contributed by atoms with Gasteiger partial charge in [-0.15, -0.1) is 0 Å². The van der Waals surface area contributed by atoms with Crippen LogP contribution in [0, 0.1) is 5.82 Å². The summed E-state index contributed by atoms with van der Waals surface area (Å²) < 4.78 is 13.1. The molecule has 0 radical (unpaired) electrons. The van der Waals surface area contributed by atoms with Gasteiger partial charge in [0.2, 0.25) is 0 Å². The van der Waals surface area contributed by atoms with Crippen molar-refractivity contribution in [3.8, 4) is 0 Å². The van der Waals surface area contributed by atoms with Gasteiger partial charge in [0.05, 0.1) is 12.2 Å². The molecule has 0 bridgehead atoms. The number of benzene rings is 1. The fourth-order valence-corrected chi connectivity index (χ4v) is 2.35. The second kappa shape index (κ2) is 5.12. The number of rotatable bonds is 3. The lowest BCUT2D eigenvalue weighted by atomic mass is 9.84. The highest BCUT2D eigenvalue weighted by Crippen LogP contribution is 2.32. The largest absolute Gasteiger partial charge is 0.395 e. The zero-order valence-corrected chi connectivity index (χ0v) is 9.77. The number of β-amino-alcohol motifs (C(OH)–C–C–N with tert-alkyl or cyclic N) is 1. The van der Waals surface area contributed by atoms with E-state index in [1.807, 2.05) is 0 Å². The Morgan fingerprint density at radius 3 is 2.59 bits per heavy atom. The first-order valence-corrected chi connectivity index (χ1v) is 5.96. The summed E-state index contributed by atoms with van der Waals surface area (Å²) in [6.07, 6.45) is 1.16. The summed E-state index contributed by atoms with van der Waals surface area (Å²) in [5, 5.41) is 19.3. The highest BCUT2D eigenvalue weighted by atomic mass is 19.1. The minimum absolute atomic E-state index is 0.137. The second-order valence-electron chi connectivity index (χ2n) is 4.61. The van der Waals surface area contributed by atoms with E-state index in [1.165, 1.54) is 12.1 Å². The number of halogens is 1. The molecule has 1 aromatic rings. The Morgan fingerprint density at radius 2 is 2.00 bits per heavy atom. The van der Waals surface area contributed by atoms with Gasteiger partial charge in [-0.25, -0.2) is 4.39 Å². The lowest BCUT2D eigenvalue weighted by Gasteiger charge is -2.38. The number of nitrogens with zero attached hydrogens (tertiary/aromatic N) is 1. The maximum atomic E-state index is 13.1. The molecule has 0 aliphatic carbocycles. The molecule has 1 aliphatic rings. The number of likely N-dealkylation sites (tertiary alicyclic amines) is 1. The molecule has 3 nitrogen and oxygen atoms in total. The first-order valence-electron chi connectivity index (χ1n) is 5.96. The van der Waals surface area contributed by atoms with E-state index < -0.39 is 5.60 Å². The molecule has 0 amide bonds. The Hall–Kier alpha value is -0.970. The van der Waals surface area contributed by atoms with Gasteiger partial charge in [0.15, 0.2) is 0 Å². The van der Waals surface area contributed by atoms with Gasteiger partial charge in [-0.05, 0) is 30.5 Å². The van der Waals surface area contributed by atoms with Crippen molar-refractivity contribution in [1.29, 1.82) is 0 Å². The minimum Gasteiger partial charge on any atom is -0.395 e. The summed E-state index contributed by atoms with van der Waals surface area (Å²) in [5.74, 6) is -0.311. The SMILES string of the molecule is OCCN1CCC(O)(c2cccc(F)c2)CC1. The van der Waals surface area contributed by atoms with Crippen molar-refractivity contribution in [1.82, 2.24) is 4.90 Å². The van der Waals surface area contributed by atoms with Crippen molar-refractivity contribution in [2.45, 2.75) is 18.4 Å². The van der Waals surface area contributed by atoms with Gasteiger partial charge < -0.3 is 15.1 Å². The van der Waals surface area contributed by atoms with Crippen LogP contribution in [0.25, 0.3) is 0 Å². The van der Waals surface area contributed by atoms with Crippen LogP contribution >= 0.6 is 0 Å². The maximum absolute atomic E-state index is 13.1. The average molecular weight is 239 g/mol. The molecule has 0 aromatic heterocycles. The van der Waals surface area contributed by atoms with Crippen LogP contribution in [0.15, 0.2) is 24.3 Å². The lowest BCUT2D eigenvalue weighted by molar-refractivity contribution is -0.0286. The number of aliphatic hydroxyl groups excluding tert-OH is 1. The van der Waals surface area contributed by atoms with Crippen molar-refractivity contribution < 1.29 is 14.6 Å². The third-order valence-corrected chi connectivity index (χ3v) is 3.46. The molecule has 2 rings (SSSR count). The maximum Gasteiger partial charge on any atom is 0.123 e. The Morgan fingerprint density at radius 1 is 1.29 bits per heavy atom. The van der Waals surface area contributed by atoms with E-state index >= 15 is 0 Å². The zero-order valence-electron chi connectivity index (χ0n) is 9.77. The zero-order chi connectivity index (χ0) is 12.3. The molecule has 1 aromatic carbocycles. The van der Waals surface area contributed by atoms with Crippen molar-refractivity contribution in [3.05, 3.63) is 35.6 Å². The predicted octanol–water partition coefficient (Wildman–Crippen LogP) is 1.10. The molecule has 1 heterocycles. The molecule has 2 N–H and O–H groups in total. The van der Waals surface area contributed by atoms with Crippen LogP contribution < -0.4 is 0 Å². The van der Waals surface area contributed by atoms with Crippen molar-refractivity contribution in [2.75, 3.05) is 26.2 Å². The smallest absolute Gasteiger partial charge is 0.123 e. The van der Waals surface area contributed by atoms with Gasteiger partial charge in [0, 0.05) is 19.6 Å². The lowest BCUT2D eigenvalue weighted by Crippen LogP contribution is -2.43. The fourth-order valence-electron chi connectivity index (χ4n) is 2.35. The normalized spacial score (nSPS) is 20.4. The number of hydrogen-bond donors (Lipinski definition) is 2. The summed E-state index contributed by atoms with van der Waals surface area (Å²) in [5.41, 5.74) is -0.269. The topological polar surface area (TPSA) is 43.7 Å². The average Bonchev–Trinajstić information content (AvgIpc) is 2.33. The number of aliphatic hydroxyl groups is 2. The summed E-state index contributed by atoms with van der Waals surface area (Å²) in [6.45, 7) is 2.23. The fraction of sp³-hybridized carbons (Fsp3) is 0.538. The molecule has 4 heteroatoms. The molecule has 0 saturated carbocycles. The van der Waals surface area contributed by atoms with E-state index in [1.54, 1.807) is 12.1 Å². The van der Waals surface area contributed by atoms with Gasteiger partial charge in [-0.2, -0.15) is 0 Å². The van der Waals surface area contributed by atoms with Crippen LogP contribution in [0.4, 0.5) is 4.39 Å². The van der Waals surface area contributed by atoms with Crippen molar-refractivity contribution >= 4 is 0 Å². The highest BCUT2D eigenvalue weighted by Gasteiger charge is 2.33. The quantitative estimate of drug-likeness (QED) is 0.830. The third-order valence-electron chi connectivity index (χ3n) is 3.46.